The number of ether oxygens (including phenoxy) is 1. The Morgan fingerprint density at radius 1 is 1.05 bits per heavy atom. The number of benzene rings is 1. The molecule has 0 aliphatic carbocycles. The third kappa shape index (κ3) is 4.62. The van der Waals surface area contributed by atoms with Gasteiger partial charge >= 0.3 is 5.97 Å². The number of carbonyl (C=O) groups excluding carboxylic acids is 1. The third-order valence-electron chi connectivity index (χ3n) is 3.91. The first-order chi connectivity index (χ1) is 9.81. The number of carbonyl (C=O) groups is 1. The van der Waals surface area contributed by atoms with Gasteiger partial charge in [-0.05, 0) is 37.3 Å². The molecule has 0 radical (unpaired) electrons. The van der Waals surface area contributed by atoms with Crippen molar-refractivity contribution in [1.29, 1.82) is 0 Å². The van der Waals surface area contributed by atoms with Crippen molar-refractivity contribution in [2.24, 2.45) is 0 Å². The Balaban J connectivity index is 2.14. The number of rotatable bonds is 1. The predicted molar refractivity (Wildman–Crippen MR) is 85.5 cm³/mol. The molecule has 1 aromatic rings. The minimum atomic E-state index is -0.163. The van der Waals surface area contributed by atoms with E-state index in [4.69, 9.17) is 4.74 Å². The van der Waals surface area contributed by atoms with Gasteiger partial charge in [0, 0.05) is 5.33 Å². The van der Waals surface area contributed by atoms with E-state index in [0.717, 1.165) is 42.1 Å². The molecular weight excluding hydrogens is 316 g/mol. The first-order valence-electron chi connectivity index (χ1n) is 7.66. The molecule has 0 bridgehead atoms. The van der Waals surface area contributed by atoms with E-state index in [-0.39, 0.29) is 12.1 Å². The van der Waals surface area contributed by atoms with Crippen molar-refractivity contribution >= 4 is 21.9 Å². The lowest BCUT2D eigenvalue weighted by molar-refractivity contribution is 0.0331. The molecule has 0 amide bonds. The number of alkyl halides is 1. The van der Waals surface area contributed by atoms with Gasteiger partial charge in [0.2, 0.25) is 0 Å². The standard InChI is InChI=1S/C17H23BrO2/c18-13-15-11-6-4-2-1-3-5-9-14-10-7-8-12-16(14)17(19)20-15/h7-8,10,12,15H,1-6,9,11,13H2. The summed E-state index contributed by atoms with van der Waals surface area (Å²) in [7, 11) is 0. The quantitative estimate of drug-likeness (QED) is 0.538. The molecule has 3 heteroatoms. The lowest BCUT2D eigenvalue weighted by Crippen LogP contribution is -2.20. The third-order valence-corrected chi connectivity index (χ3v) is 4.63. The topological polar surface area (TPSA) is 26.3 Å². The Morgan fingerprint density at radius 2 is 1.75 bits per heavy atom. The highest BCUT2D eigenvalue weighted by Gasteiger charge is 2.17. The second-order valence-electron chi connectivity index (χ2n) is 5.50. The number of hydrogen-bond acceptors (Lipinski definition) is 2. The highest BCUT2D eigenvalue weighted by atomic mass is 79.9. The van der Waals surface area contributed by atoms with Crippen molar-refractivity contribution in [1.82, 2.24) is 0 Å². The Bertz CT molecular complexity index is 431. The van der Waals surface area contributed by atoms with Gasteiger partial charge < -0.3 is 4.74 Å². The van der Waals surface area contributed by atoms with E-state index in [2.05, 4.69) is 22.0 Å². The van der Waals surface area contributed by atoms with E-state index in [9.17, 15) is 4.79 Å². The van der Waals surface area contributed by atoms with Gasteiger partial charge in [0.25, 0.3) is 0 Å². The number of fused-ring (bicyclic) bond motifs is 1. The summed E-state index contributed by atoms with van der Waals surface area (Å²) in [6.45, 7) is 0. The van der Waals surface area contributed by atoms with Gasteiger partial charge in [-0.15, -0.1) is 0 Å². The van der Waals surface area contributed by atoms with Crippen LogP contribution in [0.1, 0.15) is 60.9 Å². The van der Waals surface area contributed by atoms with Crippen LogP contribution >= 0.6 is 15.9 Å². The number of aryl methyl sites for hydroxylation is 1. The summed E-state index contributed by atoms with van der Waals surface area (Å²) in [5.74, 6) is -0.163. The summed E-state index contributed by atoms with van der Waals surface area (Å²) in [5.41, 5.74) is 1.88. The van der Waals surface area contributed by atoms with E-state index >= 15 is 0 Å². The highest BCUT2D eigenvalue weighted by Crippen LogP contribution is 2.19. The Labute approximate surface area is 130 Å². The summed E-state index contributed by atoms with van der Waals surface area (Å²) >= 11 is 3.46. The maximum absolute atomic E-state index is 12.3. The van der Waals surface area contributed by atoms with Gasteiger partial charge in [0.05, 0.1) is 5.56 Å². The predicted octanol–water partition coefficient (Wildman–Crippen LogP) is 4.89. The maximum atomic E-state index is 12.3. The van der Waals surface area contributed by atoms with Crippen LogP contribution < -0.4 is 0 Å². The second-order valence-corrected chi connectivity index (χ2v) is 6.15. The van der Waals surface area contributed by atoms with E-state index in [1.54, 1.807) is 0 Å². The van der Waals surface area contributed by atoms with Crippen LogP contribution in [0.15, 0.2) is 24.3 Å². The number of halogens is 1. The largest absolute Gasteiger partial charge is 0.458 e. The van der Waals surface area contributed by atoms with E-state index < -0.39 is 0 Å². The monoisotopic (exact) mass is 338 g/mol. The van der Waals surface area contributed by atoms with Crippen LogP contribution in [0.2, 0.25) is 0 Å². The maximum Gasteiger partial charge on any atom is 0.338 e. The van der Waals surface area contributed by atoms with Crippen molar-refractivity contribution in [2.75, 3.05) is 5.33 Å². The van der Waals surface area contributed by atoms with Crippen LogP contribution in [0, 0.1) is 0 Å². The minimum absolute atomic E-state index is 0.00342. The Hall–Kier alpha value is -0.830. The lowest BCUT2D eigenvalue weighted by Gasteiger charge is -2.16. The van der Waals surface area contributed by atoms with Gasteiger partial charge in [-0.2, -0.15) is 0 Å². The van der Waals surface area contributed by atoms with Crippen LogP contribution in [-0.4, -0.2) is 17.4 Å². The molecule has 0 spiro atoms. The molecule has 1 aromatic carbocycles. The van der Waals surface area contributed by atoms with Crippen LogP contribution in [0.4, 0.5) is 0 Å². The smallest absolute Gasteiger partial charge is 0.338 e. The summed E-state index contributed by atoms with van der Waals surface area (Å²) in [5, 5.41) is 0.723. The van der Waals surface area contributed by atoms with Gasteiger partial charge in [0.15, 0.2) is 0 Å². The van der Waals surface area contributed by atoms with Crippen LogP contribution in [0.5, 0.6) is 0 Å². The molecule has 20 heavy (non-hydrogen) atoms. The molecule has 1 unspecified atom stereocenters. The summed E-state index contributed by atoms with van der Waals surface area (Å²) < 4.78 is 5.65. The van der Waals surface area contributed by atoms with Crippen molar-refractivity contribution in [3.63, 3.8) is 0 Å². The van der Waals surface area contributed by atoms with E-state index in [1.165, 1.54) is 25.7 Å². The van der Waals surface area contributed by atoms with Crippen LogP contribution in [0.3, 0.4) is 0 Å². The van der Waals surface area contributed by atoms with Gasteiger partial charge in [-0.25, -0.2) is 4.79 Å². The molecule has 1 aliphatic heterocycles. The molecular formula is C17H23BrO2. The first kappa shape index (κ1) is 15.6. The molecule has 2 rings (SSSR count). The second kappa shape index (κ2) is 8.46. The zero-order chi connectivity index (χ0) is 14.2. The van der Waals surface area contributed by atoms with Crippen molar-refractivity contribution < 1.29 is 9.53 Å². The van der Waals surface area contributed by atoms with Gasteiger partial charge in [-0.1, -0.05) is 59.8 Å². The zero-order valence-electron chi connectivity index (χ0n) is 11.9. The fourth-order valence-corrected chi connectivity index (χ4v) is 3.17. The SMILES string of the molecule is O=C1OC(CBr)CCCCCCCCc2ccccc21. The number of hydrogen-bond donors (Lipinski definition) is 0. The fraction of sp³-hybridized carbons (Fsp3) is 0.588. The zero-order valence-corrected chi connectivity index (χ0v) is 13.5. The van der Waals surface area contributed by atoms with E-state index in [1.807, 2.05) is 18.2 Å². The molecule has 1 heterocycles. The molecule has 1 aliphatic rings. The average Bonchev–Trinajstić information content (AvgIpc) is 2.49. The molecule has 0 saturated heterocycles. The first-order valence-corrected chi connectivity index (χ1v) is 8.78. The molecule has 0 fully saturated rings. The summed E-state index contributed by atoms with van der Waals surface area (Å²) in [6.07, 6.45) is 9.33. The number of esters is 1. The van der Waals surface area contributed by atoms with Gasteiger partial charge in [-0.3, -0.25) is 0 Å². The molecule has 0 aromatic heterocycles. The Morgan fingerprint density at radius 3 is 2.55 bits per heavy atom. The van der Waals surface area contributed by atoms with Crippen LogP contribution in [-0.2, 0) is 11.2 Å². The lowest BCUT2D eigenvalue weighted by atomic mass is 10.0. The molecule has 110 valence electrons. The number of cyclic esters (lactones) is 1. The molecule has 2 nitrogen and oxygen atoms in total. The average molecular weight is 339 g/mol. The molecule has 0 saturated carbocycles. The fourth-order valence-electron chi connectivity index (χ4n) is 2.71. The minimum Gasteiger partial charge on any atom is -0.458 e. The normalized spacial score (nSPS) is 21.9. The van der Waals surface area contributed by atoms with Crippen LogP contribution in [0.25, 0.3) is 0 Å². The summed E-state index contributed by atoms with van der Waals surface area (Å²) in [4.78, 5) is 12.3. The van der Waals surface area contributed by atoms with Crippen molar-refractivity contribution in [2.45, 2.75) is 57.5 Å². The van der Waals surface area contributed by atoms with E-state index in [0.29, 0.717) is 0 Å². The van der Waals surface area contributed by atoms with Crippen molar-refractivity contribution in [3.05, 3.63) is 35.4 Å². The summed E-state index contributed by atoms with van der Waals surface area (Å²) in [6, 6.07) is 7.87. The Kier molecular flexibility index (Phi) is 6.58. The molecule has 1 atom stereocenters. The van der Waals surface area contributed by atoms with Crippen molar-refractivity contribution in [3.8, 4) is 0 Å². The molecule has 0 N–H and O–H groups in total. The van der Waals surface area contributed by atoms with Gasteiger partial charge in [0.1, 0.15) is 6.10 Å². The highest BCUT2D eigenvalue weighted by molar-refractivity contribution is 9.09.